The number of hydrogen-bond acceptors (Lipinski definition) is 4. The van der Waals surface area contributed by atoms with Gasteiger partial charge in [0.2, 0.25) is 0 Å². The van der Waals surface area contributed by atoms with Gasteiger partial charge in [0.1, 0.15) is 0 Å². The molecule has 6 heteroatoms. The lowest BCUT2D eigenvalue weighted by molar-refractivity contribution is -0.212. The topological polar surface area (TPSA) is 72.8 Å². The summed E-state index contributed by atoms with van der Waals surface area (Å²) in [5, 5.41) is 0. The van der Waals surface area contributed by atoms with Crippen molar-refractivity contribution < 1.29 is 23.8 Å². The van der Waals surface area contributed by atoms with Crippen molar-refractivity contribution in [3.63, 3.8) is 0 Å². The van der Waals surface area contributed by atoms with E-state index in [1.165, 1.54) is 19.8 Å². The Morgan fingerprint density at radius 2 is 1.78 bits per heavy atom. The monoisotopic (exact) mass is 278 g/mol. The first-order valence-electron chi connectivity index (χ1n) is 6.27. The Morgan fingerprint density at radius 3 is 2.33 bits per heavy atom. The SMILES string of the molecule is C=C(C)C(=O)OOP(=O)(O)CCCCCCCC. The molecule has 5 nitrogen and oxygen atoms in total. The molecule has 0 aromatic carbocycles. The second kappa shape index (κ2) is 9.31. The van der Waals surface area contributed by atoms with E-state index in [2.05, 4.69) is 23.1 Å². The van der Waals surface area contributed by atoms with Crippen LogP contribution in [0.25, 0.3) is 0 Å². The number of hydrogen-bond donors (Lipinski definition) is 1. The van der Waals surface area contributed by atoms with E-state index in [1.807, 2.05) is 0 Å². The third-order valence-corrected chi connectivity index (χ3v) is 3.56. The Labute approximate surface area is 109 Å². The van der Waals surface area contributed by atoms with E-state index in [0.29, 0.717) is 6.42 Å². The van der Waals surface area contributed by atoms with Crippen LogP contribution in [-0.2, 0) is 18.9 Å². The van der Waals surface area contributed by atoms with Crippen LogP contribution in [0.1, 0.15) is 52.4 Å². The first kappa shape index (κ1) is 17.4. The van der Waals surface area contributed by atoms with Crippen molar-refractivity contribution in [2.75, 3.05) is 6.16 Å². The molecule has 0 spiro atoms. The van der Waals surface area contributed by atoms with Crippen molar-refractivity contribution in [2.45, 2.75) is 52.4 Å². The van der Waals surface area contributed by atoms with Crippen LogP contribution in [0.5, 0.6) is 0 Å². The first-order chi connectivity index (χ1) is 8.39. The standard InChI is InChI=1S/C12H23O5P/c1-4-5-6-7-8-9-10-18(14,15)17-16-12(13)11(2)3/h2,4-10H2,1,3H3,(H,14,15). The van der Waals surface area contributed by atoms with E-state index in [0.717, 1.165) is 19.3 Å². The molecule has 1 N–H and O–H groups in total. The lowest BCUT2D eigenvalue weighted by Gasteiger charge is -2.10. The summed E-state index contributed by atoms with van der Waals surface area (Å²) >= 11 is 0. The van der Waals surface area contributed by atoms with Crippen LogP contribution in [0.3, 0.4) is 0 Å². The number of carbonyl (C=O) groups is 1. The Balaban J connectivity index is 3.70. The maximum absolute atomic E-state index is 11.5. The van der Waals surface area contributed by atoms with Crippen molar-refractivity contribution in [1.29, 1.82) is 0 Å². The fraction of sp³-hybridized carbons (Fsp3) is 0.750. The molecule has 0 rings (SSSR count). The van der Waals surface area contributed by atoms with E-state index in [9.17, 15) is 14.3 Å². The average molecular weight is 278 g/mol. The summed E-state index contributed by atoms with van der Waals surface area (Å²) < 4.78 is 15.7. The van der Waals surface area contributed by atoms with Crippen molar-refractivity contribution in [3.05, 3.63) is 12.2 Å². The number of carbonyl (C=O) groups excluding carboxylic acids is 1. The van der Waals surface area contributed by atoms with Gasteiger partial charge in [-0.1, -0.05) is 50.3 Å². The molecule has 0 saturated heterocycles. The van der Waals surface area contributed by atoms with Gasteiger partial charge in [-0.05, 0) is 13.3 Å². The molecular weight excluding hydrogens is 255 g/mol. The Bertz CT molecular complexity index is 314. The molecule has 0 saturated carbocycles. The van der Waals surface area contributed by atoms with Gasteiger partial charge < -0.3 is 4.89 Å². The molecule has 0 bridgehead atoms. The van der Waals surface area contributed by atoms with Gasteiger partial charge in [-0.2, -0.15) is 0 Å². The fourth-order valence-corrected chi connectivity index (χ4v) is 2.17. The van der Waals surface area contributed by atoms with Gasteiger partial charge in [-0.15, -0.1) is 0 Å². The molecule has 0 aliphatic heterocycles. The summed E-state index contributed by atoms with van der Waals surface area (Å²) in [5.74, 6) is -0.827. The van der Waals surface area contributed by atoms with Gasteiger partial charge in [0.15, 0.2) is 0 Å². The van der Waals surface area contributed by atoms with Gasteiger partial charge in [-0.25, -0.2) is 4.79 Å². The average Bonchev–Trinajstić information content (AvgIpc) is 2.30. The maximum atomic E-state index is 11.5. The largest absolute Gasteiger partial charge is 0.368 e. The summed E-state index contributed by atoms with van der Waals surface area (Å²) in [6, 6.07) is 0. The minimum absolute atomic E-state index is 0.00257. The van der Waals surface area contributed by atoms with Crippen LogP contribution < -0.4 is 0 Å². The second-order valence-corrected chi connectivity index (χ2v) is 6.23. The molecule has 0 aromatic rings. The fourth-order valence-electron chi connectivity index (χ4n) is 1.29. The zero-order valence-electron chi connectivity index (χ0n) is 11.2. The normalized spacial score (nSPS) is 13.9. The zero-order chi connectivity index (χ0) is 14.0. The summed E-state index contributed by atoms with van der Waals surface area (Å²) in [5.41, 5.74) is 0.120. The molecule has 1 atom stereocenters. The third kappa shape index (κ3) is 9.40. The van der Waals surface area contributed by atoms with E-state index < -0.39 is 13.6 Å². The molecule has 1 unspecified atom stereocenters. The second-order valence-electron chi connectivity index (χ2n) is 4.35. The quantitative estimate of drug-likeness (QED) is 0.217. The molecular formula is C12H23O5P. The van der Waals surface area contributed by atoms with Gasteiger partial charge in [0, 0.05) is 5.57 Å². The van der Waals surface area contributed by atoms with Crippen LogP contribution in [-0.4, -0.2) is 17.0 Å². The van der Waals surface area contributed by atoms with Gasteiger partial charge in [-0.3, -0.25) is 9.45 Å². The van der Waals surface area contributed by atoms with Crippen LogP contribution in [0.2, 0.25) is 0 Å². The molecule has 18 heavy (non-hydrogen) atoms. The summed E-state index contributed by atoms with van der Waals surface area (Å²) in [7, 11) is -3.83. The van der Waals surface area contributed by atoms with E-state index in [-0.39, 0.29) is 11.7 Å². The molecule has 0 fully saturated rings. The first-order valence-corrected chi connectivity index (χ1v) is 8.03. The highest BCUT2D eigenvalue weighted by Crippen LogP contribution is 2.43. The predicted octanol–water partition coefficient (Wildman–Crippen LogP) is 3.58. The Morgan fingerprint density at radius 1 is 1.22 bits per heavy atom. The highest BCUT2D eigenvalue weighted by molar-refractivity contribution is 7.52. The van der Waals surface area contributed by atoms with Crippen molar-refractivity contribution in [3.8, 4) is 0 Å². The molecule has 0 amide bonds. The molecule has 0 heterocycles. The molecule has 0 aliphatic carbocycles. The Hall–Kier alpha value is -0.640. The molecule has 106 valence electrons. The van der Waals surface area contributed by atoms with Crippen LogP contribution >= 0.6 is 7.60 Å². The molecule has 0 aromatic heterocycles. The smallest absolute Gasteiger partial charge is 0.322 e. The van der Waals surface area contributed by atoms with Crippen LogP contribution in [0.4, 0.5) is 0 Å². The minimum atomic E-state index is -3.83. The van der Waals surface area contributed by atoms with Gasteiger partial charge >= 0.3 is 13.6 Å². The third-order valence-electron chi connectivity index (χ3n) is 2.37. The minimum Gasteiger partial charge on any atom is -0.322 e. The number of unbranched alkanes of at least 4 members (excludes halogenated alkanes) is 5. The molecule has 0 aliphatic rings. The van der Waals surface area contributed by atoms with Crippen LogP contribution in [0.15, 0.2) is 12.2 Å². The summed E-state index contributed by atoms with van der Waals surface area (Å²) in [4.78, 5) is 24.5. The van der Waals surface area contributed by atoms with E-state index in [4.69, 9.17) is 0 Å². The van der Waals surface area contributed by atoms with Crippen molar-refractivity contribution >= 4 is 13.6 Å². The number of rotatable bonds is 10. The lowest BCUT2D eigenvalue weighted by atomic mass is 10.1. The molecule has 0 radical (unpaired) electrons. The van der Waals surface area contributed by atoms with Crippen LogP contribution in [0, 0.1) is 0 Å². The van der Waals surface area contributed by atoms with Gasteiger partial charge in [0.25, 0.3) is 0 Å². The zero-order valence-corrected chi connectivity index (χ0v) is 12.1. The van der Waals surface area contributed by atoms with Crippen molar-refractivity contribution in [2.24, 2.45) is 0 Å². The highest BCUT2D eigenvalue weighted by Gasteiger charge is 2.22. The highest BCUT2D eigenvalue weighted by atomic mass is 31.2. The lowest BCUT2D eigenvalue weighted by Crippen LogP contribution is -2.06. The maximum Gasteiger partial charge on any atom is 0.368 e. The van der Waals surface area contributed by atoms with Crippen molar-refractivity contribution in [1.82, 2.24) is 0 Å². The summed E-state index contributed by atoms with van der Waals surface area (Å²) in [6.45, 7) is 6.90. The van der Waals surface area contributed by atoms with Gasteiger partial charge in [0.05, 0.1) is 6.16 Å². The van der Waals surface area contributed by atoms with E-state index in [1.54, 1.807) is 0 Å². The Kier molecular flexibility index (Phi) is 8.98. The summed E-state index contributed by atoms with van der Waals surface area (Å²) in [6.07, 6.45) is 5.99. The van der Waals surface area contributed by atoms with E-state index >= 15 is 0 Å². The predicted molar refractivity (Wildman–Crippen MR) is 70.1 cm³/mol.